The Bertz CT molecular complexity index is 866. The average molecular weight is 381 g/mol. The van der Waals surface area contributed by atoms with Gasteiger partial charge in [0.2, 0.25) is 5.91 Å². The highest BCUT2D eigenvalue weighted by molar-refractivity contribution is 5.95. The van der Waals surface area contributed by atoms with Crippen molar-refractivity contribution < 1.29 is 14.3 Å². The highest BCUT2D eigenvalue weighted by Gasteiger charge is 2.31. The van der Waals surface area contributed by atoms with E-state index in [1.54, 1.807) is 0 Å². The predicted octanol–water partition coefficient (Wildman–Crippen LogP) is 3.04. The number of amides is 2. The molecule has 6 nitrogen and oxygen atoms in total. The van der Waals surface area contributed by atoms with Crippen LogP contribution in [0.1, 0.15) is 24.5 Å². The first kappa shape index (κ1) is 19.7. The Balaban J connectivity index is 1.72. The molecule has 0 aliphatic carbocycles. The highest BCUT2D eigenvalue weighted by atomic mass is 16.5. The molecule has 1 atom stereocenters. The maximum absolute atomic E-state index is 12.6. The SMILES string of the molecule is CCCNC(=O)[C@H]1CN(CC(=O)Nc2ccc(C)c(C)c2)c2ccccc2O1. The molecule has 2 aromatic carbocycles. The minimum absolute atomic E-state index is 0.132. The Kier molecular flexibility index (Phi) is 6.19. The van der Waals surface area contributed by atoms with Gasteiger partial charge in [-0.1, -0.05) is 25.1 Å². The van der Waals surface area contributed by atoms with Gasteiger partial charge in [0.25, 0.3) is 5.91 Å². The molecule has 2 N–H and O–H groups in total. The number of carbonyl (C=O) groups is 2. The summed E-state index contributed by atoms with van der Waals surface area (Å²) in [6, 6.07) is 13.3. The van der Waals surface area contributed by atoms with Crippen molar-refractivity contribution in [1.82, 2.24) is 5.32 Å². The van der Waals surface area contributed by atoms with Crippen LogP contribution in [0.5, 0.6) is 5.75 Å². The fraction of sp³-hybridized carbons (Fsp3) is 0.364. The van der Waals surface area contributed by atoms with Gasteiger partial charge in [0.1, 0.15) is 5.75 Å². The van der Waals surface area contributed by atoms with Crippen molar-refractivity contribution in [2.75, 3.05) is 29.9 Å². The van der Waals surface area contributed by atoms with Crippen LogP contribution in [0, 0.1) is 13.8 Å². The average Bonchev–Trinajstić information content (AvgIpc) is 2.68. The second-order valence-electron chi connectivity index (χ2n) is 7.09. The fourth-order valence-corrected chi connectivity index (χ4v) is 3.15. The van der Waals surface area contributed by atoms with Crippen molar-refractivity contribution in [3.8, 4) is 5.75 Å². The number of carbonyl (C=O) groups excluding carboxylic acids is 2. The number of hydrogen-bond acceptors (Lipinski definition) is 4. The van der Waals surface area contributed by atoms with Crippen LogP contribution in [0.3, 0.4) is 0 Å². The van der Waals surface area contributed by atoms with Gasteiger partial charge in [0.15, 0.2) is 6.10 Å². The molecule has 148 valence electrons. The van der Waals surface area contributed by atoms with E-state index in [2.05, 4.69) is 10.6 Å². The quantitative estimate of drug-likeness (QED) is 0.807. The van der Waals surface area contributed by atoms with Crippen LogP contribution in [0.15, 0.2) is 42.5 Å². The van der Waals surface area contributed by atoms with Crippen molar-refractivity contribution in [2.24, 2.45) is 0 Å². The Hall–Kier alpha value is -3.02. The summed E-state index contributed by atoms with van der Waals surface area (Å²) in [6.07, 6.45) is 0.216. The number of benzene rings is 2. The molecular weight excluding hydrogens is 354 g/mol. The zero-order chi connectivity index (χ0) is 20.1. The number of ether oxygens (including phenoxy) is 1. The highest BCUT2D eigenvalue weighted by Crippen LogP contribution is 2.33. The molecule has 0 radical (unpaired) electrons. The normalized spacial score (nSPS) is 15.4. The molecule has 0 spiro atoms. The predicted molar refractivity (Wildman–Crippen MR) is 111 cm³/mol. The summed E-state index contributed by atoms with van der Waals surface area (Å²) in [4.78, 5) is 26.9. The molecule has 0 aromatic heterocycles. The summed E-state index contributed by atoms with van der Waals surface area (Å²) in [5, 5.41) is 5.81. The lowest BCUT2D eigenvalue weighted by atomic mass is 10.1. The summed E-state index contributed by atoms with van der Waals surface area (Å²) in [7, 11) is 0. The van der Waals surface area contributed by atoms with E-state index >= 15 is 0 Å². The molecular formula is C22H27N3O3. The minimum atomic E-state index is -0.643. The molecule has 6 heteroatoms. The molecule has 28 heavy (non-hydrogen) atoms. The maximum atomic E-state index is 12.6. The molecule has 0 unspecified atom stereocenters. The van der Waals surface area contributed by atoms with Crippen molar-refractivity contribution in [3.05, 3.63) is 53.6 Å². The summed E-state index contributed by atoms with van der Waals surface area (Å²) < 4.78 is 5.86. The summed E-state index contributed by atoms with van der Waals surface area (Å²) in [6.45, 7) is 7.13. The standard InChI is InChI=1S/C22H27N3O3/c1-4-11-23-22(27)20-13-25(18-7-5-6-8-19(18)28-20)14-21(26)24-17-10-9-15(2)16(3)12-17/h5-10,12,20H,4,11,13-14H2,1-3H3,(H,23,27)(H,24,26)/t20-/m1/s1. The largest absolute Gasteiger partial charge is 0.477 e. The molecule has 1 aliphatic rings. The number of anilines is 2. The number of nitrogens with zero attached hydrogens (tertiary/aromatic N) is 1. The second-order valence-corrected chi connectivity index (χ2v) is 7.09. The zero-order valence-corrected chi connectivity index (χ0v) is 16.6. The van der Waals surface area contributed by atoms with Gasteiger partial charge >= 0.3 is 0 Å². The number of rotatable bonds is 6. The van der Waals surface area contributed by atoms with E-state index in [0.29, 0.717) is 18.8 Å². The number of nitrogens with one attached hydrogen (secondary N) is 2. The molecule has 0 fully saturated rings. The number of hydrogen-bond donors (Lipinski definition) is 2. The van der Waals surface area contributed by atoms with Gasteiger partial charge < -0.3 is 20.3 Å². The minimum Gasteiger partial charge on any atom is -0.477 e. The third kappa shape index (κ3) is 4.63. The Morgan fingerprint density at radius 3 is 2.68 bits per heavy atom. The maximum Gasteiger partial charge on any atom is 0.262 e. The van der Waals surface area contributed by atoms with Gasteiger partial charge in [-0.15, -0.1) is 0 Å². The first-order valence-corrected chi connectivity index (χ1v) is 9.63. The van der Waals surface area contributed by atoms with E-state index in [1.165, 1.54) is 5.56 Å². The van der Waals surface area contributed by atoms with E-state index < -0.39 is 6.10 Å². The van der Waals surface area contributed by atoms with Gasteiger partial charge in [0, 0.05) is 12.2 Å². The molecule has 2 amide bonds. The third-order valence-corrected chi connectivity index (χ3v) is 4.83. The number of para-hydroxylation sites is 2. The van der Waals surface area contributed by atoms with Crippen molar-refractivity contribution in [1.29, 1.82) is 0 Å². The van der Waals surface area contributed by atoms with Crippen molar-refractivity contribution in [2.45, 2.75) is 33.3 Å². The second kappa shape index (κ2) is 8.78. The number of aryl methyl sites for hydroxylation is 2. The molecule has 0 saturated carbocycles. The summed E-state index contributed by atoms with van der Waals surface area (Å²) >= 11 is 0. The third-order valence-electron chi connectivity index (χ3n) is 4.83. The Labute approximate surface area is 165 Å². The Morgan fingerprint density at radius 2 is 1.93 bits per heavy atom. The van der Waals surface area contributed by atoms with Crippen LogP contribution in [-0.2, 0) is 9.59 Å². The molecule has 1 heterocycles. The molecule has 1 aliphatic heterocycles. The van der Waals surface area contributed by atoms with Gasteiger partial charge in [-0.3, -0.25) is 9.59 Å². The topological polar surface area (TPSA) is 70.7 Å². The fourth-order valence-electron chi connectivity index (χ4n) is 3.15. The molecule has 3 rings (SSSR count). The van der Waals surface area contributed by atoms with Crippen molar-refractivity contribution in [3.63, 3.8) is 0 Å². The Morgan fingerprint density at radius 1 is 1.14 bits per heavy atom. The lowest BCUT2D eigenvalue weighted by Gasteiger charge is -2.35. The van der Waals surface area contributed by atoms with E-state index in [0.717, 1.165) is 23.4 Å². The van der Waals surface area contributed by atoms with E-state index in [1.807, 2.05) is 68.1 Å². The van der Waals surface area contributed by atoms with Crippen LogP contribution in [0.25, 0.3) is 0 Å². The van der Waals surface area contributed by atoms with Gasteiger partial charge in [-0.2, -0.15) is 0 Å². The smallest absolute Gasteiger partial charge is 0.262 e. The van der Waals surface area contributed by atoms with E-state index in [-0.39, 0.29) is 18.4 Å². The van der Waals surface area contributed by atoms with Gasteiger partial charge in [0.05, 0.1) is 18.8 Å². The van der Waals surface area contributed by atoms with E-state index in [9.17, 15) is 9.59 Å². The molecule has 2 aromatic rings. The lowest BCUT2D eigenvalue weighted by molar-refractivity contribution is -0.128. The first-order chi connectivity index (χ1) is 13.5. The summed E-state index contributed by atoms with van der Waals surface area (Å²) in [5.41, 5.74) is 3.90. The molecule has 0 bridgehead atoms. The lowest BCUT2D eigenvalue weighted by Crippen LogP contribution is -2.50. The monoisotopic (exact) mass is 381 g/mol. The first-order valence-electron chi connectivity index (χ1n) is 9.63. The van der Waals surface area contributed by atoms with Gasteiger partial charge in [-0.25, -0.2) is 0 Å². The van der Waals surface area contributed by atoms with Crippen LogP contribution < -0.4 is 20.3 Å². The zero-order valence-electron chi connectivity index (χ0n) is 16.6. The van der Waals surface area contributed by atoms with E-state index in [4.69, 9.17) is 4.74 Å². The molecule has 0 saturated heterocycles. The number of fused-ring (bicyclic) bond motifs is 1. The van der Waals surface area contributed by atoms with Gasteiger partial charge in [-0.05, 0) is 55.7 Å². The van der Waals surface area contributed by atoms with Crippen LogP contribution >= 0.6 is 0 Å². The van der Waals surface area contributed by atoms with Crippen LogP contribution in [0.2, 0.25) is 0 Å². The van der Waals surface area contributed by atoms with Crippen LogP contribution in [0.4, 0.5) is 11.4 Å². The van der Waals surface area contributed by atoms with Crippen LogP contribution in [-0.4, -0.2) is 37.6 Å². The van der Waals surface area contributed by atoms with Crippen molar-refractivity contribution >= 4 is 23.2 Å². The summed E-state index contributed by atoms with van der Waals surface area (Å²) in [5.74, 6) is 0.327.